The maximum atomic E-state index is 10.3. The lowest BCUT2D eigenvalue weighted by atomic mass is 10.4. The maximum Gasteiger partial charge on any atom is 0.409 e. The summed E-state index contributed by atoms with van der Waals surface area (Å²) in [5, 5.41) is 14.7. The highest BCUT2D eigenvalue weighted by Crippen LogP contribution is 2.12. The zero-order valence-corrected chi connectivity index (χ0v) is 7.03. The number of nitrogens with one attached hydrogen (secondary N) is 1. The van der Waals surface area contributed by atoms with E-state index in [4.69, 9.17) is 5.11 Å². The van der Waals surface area contributed by atoms with E-state index in [0.29, 0.717) is 5.69 Å². The quantitative estimate of drug-likeness (QED) is 0.701. The van der Waals surface area contributed by atoms with Gasteiger partial charge in [0.15, 0.2) is 0 Å². The van der Waals surface area contributed by atoms with Crippen LogP contribution in [0.15, 0.2) is 6.20 Å². The summed E-state index contributed by atoms with van der Waals surface area (Å²) in [7, 11) is 0. The van der Waals surface area contributed by atoms with Gasteiger partial charge >= 0.3 is 6.09 Å². The van der Waals surface area contributed by atoms with Crippen LogP contribution in [0.25, 0.3) is 0 Å². The van der Waals surface area contributed by atoms with Crippen molar-refractivity contribution >= 4 is 11.8 Å². The average molecular weight is 169 g/mol. The fourth-order valence-corrected chi connectivity index (χ4v) is 1.00. The number of amides is 1. The lowest BCUT2D eigenvalue weighted by molar-refractivity contribution is 0.209. The Kier molecular flexibility index (Phi) is 2.32. The Morgan fingerprint density at radius 3 is 2.92 bits per heavy atom. The molecule has 0 aliphatic rings. The number of anilines is 1. The molecule has 0 saturated heterocycles. The number of nitrogens with zero attached hydrogens (tertiary/aromatic N) is 2. The minimum absolute atomic E-state index is 0.546. The highest BCUT2D eigenvalue weighted by atomic mass is 16.4. The molecule has 1 amide bonds. The van der Waals surface area contributed by atoms with Crippen LogP contribution in [0.5, 0.6) is 0 Å². The molecule has 0 fully saturated rings. The van der Waals surface area contributed by atoms with E-state index < -0.39 is 6.09 Å². The van der Waals surface area contributed by atoms with Gasteiger partial charge in [-0.25, -0.2) is 4.79 Å². The van der Waals surface area contributed by atoms with E-state index >= 15 is 0 Å². The van der Waals surface area contributed by atoms with Crippen molar-refractivity contribution in [3.8, 4) is 0 Å². The number of rotatable bonds is 2. The van der Waals surface area contributed by atoms with Crippen LogP contribution >= 0.6 is 0 Å². The van der Waals surface area contributed by atoms with Crippen molar-refractivity contribution in [2.75, 3.05) is 5.32 Å². The number of carboxylic acid groups (broad SMARTS) is 1. The zero-order chi connectivity index (χ0) is 9.14. The van der Waals surface area contributed by atoms with Gasteiger partial charge in [0.05, 0.1) is 17.6 Å². The minimum atomic E-state index is -1.06. The van der Waals surface area contributed by atoms with Crippen molar-refractivity contribution in [2.45, 2.75) is 20.4 Å². The fourth-order valence-electron chi connectivity index (χ4n) is 1.00. The molecule has 0 aromatic carbocycles. The lowest BCUT2D eigenvalue weighted by Gasteiger charge is -2.00. The molecule has 0 aliphatic heterocycles. The van der Waals surface area contributed by atoms with E-state index in [0.717, 1.165) is 12.2 Å². The zero-order valence-electron chi connectivity index (χ0n) is 7.03. The largest absolute Gasteiger partial charge is 0.465 e. The van der Waals surface area contributed by atoms with E-state index in [1.54, 1.807) is 4.68 Å². The van der Waals surface area contributed by atoms with Crippen molar-refractivity contribution < 1.29 is 9.90 Å². The van der Waals surface area contributed by atoms with E-state index in [1.807, 2.05) is 13.8 Å². The van der Waals surface area contributed by atoms with Gasteiger partial charge in [0.25, 0.3) is 0 Å². The van der Waals surface area contributed by atoms with Gasteiger partial charge in [0, 0.05) is 6.54 Å². The Balaban J connectivity index is 2.87. The fraction of sp³-hybridized carbons (Fsp3) is 0.429. The first kappa shape index (κ1) is 8.58. The smallest absolute Gasteiger partial charge is 0.409 e. The molecule has 0 unspecified atom stereocenters. The molecule has 1 rings (SSSR count). The van der Waals surface area contributed by atoms with Gasteiger partial charge in [0.1, 0.15) is 0 Å². The summed E-state index contributed by atoms with van der Waals surface area (Å²) >= 11 is 0. The Hall–Kier alpha value is -1.52. The molecule has 0 aliphatic carbocycles. The van der Waals surface area contributed by atoms with Gasteiger partial charge < -0.3 is 5.11 Å². The molecule has 5 heteroatoms. The Morgan fingerprint density at radius 1 is 1.83 bits per heavy atom. The first-order chi connectivity index (χ1) is 5.65. The van der Waals surface area contributed by atoms with Crippen molar-refractivity contribution in [3.05, 3.63) is 11.9 Å². The van der Waals surface area contributed by atoms with Gasteiger partial charge in [-0.05, 0) is 13.8 Å². The third-order valence-corrected chi connectivity index (χ3v) is 1.64. The minimum Gasteiger partial charge on any atom is -0.465 e. The number of aryl methyl sites for hydroxylation is 1. The second kappa shape index (κ2) is 3.25. The molecular weight excluding hydrogens is 158 g/mol. The number of hydrogen-bond acceptors (Lipinski definition) is 2. The summed E-state index contributed by atoms with van der Waals surface area (Å²) in [4.78, 5) is 10.3. The molecule has 1 aromatic rings. The second-order valence-electron chi connectivity index (χ2n) is 2.39. The number of aromatic nitrogens is 2. The molecule has 5 nitrogen and oxygen atoms in total. The molecule has 0 atom stereocenters. The van der Waals surface area contributed by atoms with E-state index in [1.165, 1.54) is 6.20 Å². The second-order valence-corrected chi connectivity index (χ2v) is 2.39. The number of hydrogen-bond donors (Lipinski definition) is 2. The van der Waals surface area contributed by atoms with Crippen LogP contribution in [0.1, 0.15) is 12.6 Å². The van der Waals surface area contributed by atoms with Gasteiger partial charge in [-0.1, -0.05) is 0 Å². The molecule has 66 valence electrons. The summed E-state index contributed by atoms with van der Waals surface area (Å²) in [5.41, 5.74) is 1.38. The summed E-state index contributed by atoms with van der Waals surface area (Å²) in [5.74, 6) is 0. The molecule has 0 radical (unpaired) electrons. The first-order valence-corrected chi connectivity index (χ1v) is 3.67. The molecule has 0 spiro atoms. The van der Waals surface area contributed by atoms with Crippen molar-refractivity contribution in [3.63, 3.8) is 0 Å². The molecule has 0 saturated carbocycles. The van der Waals surface area contributed by atoms with Crippen LogP contribution in [0, 0.1) is 6.92 Å². The van der Waals surface area contributed by atoms with E-state index in [9.17, 15) is 4.79 Å². The molecule has 1 heterocycles. The summed E-state index contributed by atoms with van der Waals surface area (Å²) in [6, 6.07) is 0. The normalized spacial score (nSPS) is 9.83. The van der Waals surface area contributed by atoms with Gasteiger partial charge in [-0.15, -0.1) is 0 Å². The Morgan fingerprint density at radius 2 is 2.50 bits per heavy atom. The molecule has 2 N–H and O–H groups in total. The van der Waals surface area contributed by atoms with Crippen LogP contribution in [0.4, 0.5) is 10.5 Å². The van der Waals surface area contributed by atoms with E-state index in [2.05, 4.69) is 10.4 Å². The van der Waals surface area contributed by atoms with E-state index in [-0.39, 0.29) is 0 Å². The predicted molar refractivity (Wildman–Crippen MR) is 44.3 cm³/mol. The average Bonchev–Trinajstić information content (AvgIpc) is 2.32. The van der Waals surface area contributed by atoms with Gasteiger partial charge in [0.2, 0.25) is 0 Å². The van der Waals surface area contributed by atoms with Crippen LogP contribution in [-0.4, -0.2) is 21.0 Å². The highest BCUT2D eigenvalue weighted by molar-refractivity contribution is 5.83. The van der Waals surface area contributed by atoms with Crippen molar-refractivity contribution in [1.82, 2.24) is 9.78 Å². The standard InChI is InChI=1S/C7H11N3O2/c1-3-10-5(2)6(4-8-10)9-7(11)12/h4,9H,3H2,1-2H3,(H,11,12). The van der Waals surface area contributed by atoms with Crippen molar-refractivity contribution in [2.24, 2.45) is 0 Å². The summed E-state index contributed by atoms with van der Waals surface area (Å²) < 4.78 is 1.73. The Labute approximate surface area is 70.0 Å². The lowest BCUT2D eigenvalue weighted by Crippen LogP contribution is -2.08. The first-order valence-electron chi connectivity index (χ1n) is 3.67. The number of carbonyl (C=O) groups is 1. The third-order valence-electron chi connectivity index (χ3n) is 1.64. The molecule has 12 heavy (non-hydrogen) atoms. The van der Waals surface area contributed by atoms with Gasteiger partial charge in [-0.2, -0.15) is 5.10 Å². The highest BCUT2D eigenvalue weighted by Gasteiger charge is 2.06. The topological polar surface area (TPSA) is 67.2 Å². The van der Waals surface area contributed by atoms with Crippen molar-refractivity contribution in [1.29, 1.82) is 0 Å². The molecular formula is C7H11N3O2. The van der Waals surface area contributed by atoms with Crippen LogP contribution in [0.3, 0.4) is 0 Å². The monoisotopic (exact) mass is 169 g/mol. The molecule has 0 bridgehead atoms. The van der Waals surface area contributed by atoms with Gasteiger partial charge in [-0.3, -0.25) is 10.00 Å². The van der Waals surface area contributed by atoms with Crippen LogP contribution in [0.2, 0.25) is 0 Å². The summed E-state index contributed by atoms with van der Waals surface area (Å²) in [6.07, 6.45) is 0.446. The van der Waals surface area contributed by atoms with Crippen LogP contribution < -0.4 is 5.32 Å². The predicted octanol–water partition coefficient (Wildman–Crippen LogP) is 1.30. The SMILES string of the molecule is CCn1ncc(NC(=O)O)c1C. The summed E-state index contributed by atoms with van der Waals surface area (Å²) in [6.45, 7) is 4.51. The maximum absolute atomic E-state index is 10.3. The third kappa shape index (κ3) is 1.55. The van der Waals surface area contributed by atoms with Crippen LogP contribution in [-0.2, 0) is 6.54 Å². The Bertz CT molecular complexity index is 293. The molecule has 1 aromatic heterocycles.